The molecule has 1 aliphatic heterocycles. The van der Waals surface area contributed by atoms with Crippen molar-refractivity contribution >= 4 is 50.5 Å². The number of rotatable bonds is 5. The fourth-order valence-corrected chi connectivity index (χ4v) is 3.56. The average molecular weight is 449 g/mol. The molecule has 1 aliphatic rings. The highest BCUT2D eigenvalue weighted by Crippen LogP contribution is 2.39. The molecule has 140 valence electrons. The van der Waals surface area contributed by atoms with Crippen LogP contribution < -0.4 is 19.5 Å². The normalized spacial score (nSPS) is 16.5. The van der Waals surface area contributed by atoms with Crippen molar-refractivity contribution in [3.8, 4) is 17.2 Å². The van der Waals surface area contributed by atoms with Gasteiger partial charge < -0.3 is 19.5 Å². The lowest BCUT2D eigenvalue weighted by Crippen LogP contribution is -2.19. The lowest BCUT2D eigenvalue weighted by Gasteiger charge is -2.12. The van der Waals surface area contributed by atoms with E-state index < -0.39 is 0 Å². The highest BCUT2D eigenvalue weighted by Gasteiger charge is 2.24. The molecule has 0 radical (unpaired) electrons. The van der Waals surface area contributed by atoms with Crippen LogP contribution in [0.1, 0.15) is 5.56 Å². The van der Waals surface area contributed by atoms with Crippen LogP contribution in [0.15, 0.2) is 50.8 Å². The Hall–Kier alpha value is -2.45. The highest BCUT2D eigenvalue weighted by atomic mass is 79.9. The summed E-state index contributed by atoms with van der Waals surface area (Å²) in [6.45, 7) is 0. The van der Waals surface area contributed by atoms with Crippen molar-refractivity contribution in [3.05, 3.63) is 51.3 Å². The maximum atomic E-state index is 12.3. The van der Waals surface area contributed by atoms with E-state index >= 15 is 0 Å². The first-order valence-electron chi connectivity index (χ1n) is 7.89. The number of thioether (sulfide) groups is 1. The van der Waals surface area contributed by atoms with E-state index in [1.165, 1.54) is 11.8 Å². The molecule has 2 aromatic rings. The quantitative estimate of drug-likeness (QED) is 0.687. The molecule has 3 rings (SSSR count). The summed E-state index contributed by atoms with van der Waals surface area (Å²) >= 11 is 4.66. The van der Waals surface area contributed by atoms with Crippen molar-refractivity contribution < 1.29 is 19.0 Å². The summed E-state index contributed by atoms with van der Waals surface area (Å²) in [5.41, 5.74) is 1.52. The molecule has 6 nitrogen and oxygen atoms in total. The first kappa shape index (κ1) is 19.3. The second kappa shape index (κ2) is 8.49. The number of nitrogens with one attached hydrogen (secondary N) is 1. The third kappa shape index (κ3) is 4.45. The van der Waals surface area contributed by atoms with Crippen molar-refractivity contribution in [2.45, 2.75) is 0 Å². The van der Waals surface area contributed by atoms with E-state index in [9.17, 15) is 4.79 Å². The zero-order valence-electron chi connectivity index (χ0n) is 14.9. The predicted octanol–water partition coefficient (Wildman–Crippen LogP) is 4.37. The van der Waals surface area contributed by atoms with Crippen LogP contribution in [0, 0.1) is 0 Å². The average Bonchev–Trinajstić information content (AvgIpc) is 3.01. The fraction of sp³-hybridized carbons (Fsp3) is 0.158. The molecule has 0 saturated carbocycles. The first-order valence-corrected chi connectivity index (χ1v) is 9.50. The van der Waals surface area contributed by atoms with Gasteiger partial charge >= 0.3 is 0 Å². The van der Waals surface area contributed by atoms with E-state index in [1.54, 1.807) is 39.5 Å². The SMILES string of the molecule is COc1cc(/C=C2\SC(=Nc3ccc(Br)cc3)NC2=O)cc(OC)c1OC. The van der Waals surface area contributed by atoms with Gasteiger partial charge in [-0.25, -0.2) is 4.99 Å². The molecule has 1 fully saturated rings. The number of amides is 1. The van der Waals surface area contributed by atoms with Gasteiger partial charge in [0.25, 0.3) is 5.91 Å². The molecule has 1 N–H and O–H groups in total. The van der Waals surface area contributed by atoms with Crippen LogP contribution in [0.2, 0.25) is 0 Å². The number of carbonyl (C=O) groups is 1. The number of nitrogens with zero attached hydrogens (tertiary/aromatic N) is 1. The number of amidine groups is 1. The Bertz CT molecular complexity index is 901. The monoisotopic (exact) mass is 448 g/mol. The first-order chi connectivity index (χ1) is 13.0. The van der Waals surface area contributed by atoms with Gasteiger partial charge in [-0.1, -0.05) is 15.9 Å². The maximum absolute atomic E-state index is 12.3. The smallest absolute Gasteiger partial charge is 0.264 e. The van der Waals surface area contributed by atoms with E-state index in [-0.39, 0.29) is 5.91 Å². The summed E-state index contributed by atoms with van der Waals surface area (Å²) in [5.74, 6) is 1.35. The number of hydrogen-bond donors (Lipinski definition) is 1. The molecule has 0 aromatic heterocycles. The third-order valence-electron chi connectivity index (χ3n) is 3.69. The largest absolute Gasteiger partial charge is 0.493 e. The molecular formula is C19H17BrN2O4S. The Morgan fingerprint density at radius 3 is 2.22 bits per heavy atom. The van der Waals surface area contributed by atoms with E-state index in [0.29, 0.717) is 27.3 Å². The summed E-state index contributed by atoms with van der Waals surface area (Å²) in [6, 6.07) is 11.1. The molecule has 0 spiro atoms. The lowest BCUT2D eigenvalue weighted by molar-refractivity contribution is -0.115. The maximum Gasteiger partial charge on any atom is 0.264 e. The topological polar surface area (TPSA) is 69.2 Å². The summed E-state index contributed by atoms with van der Waals surface area (Å²) in [7, 11) is 4.64. The molecule has 0 bridgehead atoms. The van der Waals surface area contributed by atoms with Crippen molar-refractivity contribution in [1.29, 1.82) is 0 Å². The number of halogens is 1. The molecule has 1 saturated heterocycles. The molecule has 0 aliphatic carbocycles. The molecule has 27 heavy (non-hydrogen) atoms. The standard InChI is InChI=1S/C19H17BrN2O4S/c1-24-14-8-11(9-15(25-2)17(14)26-3)10-16-18(23)22-19(27-16)21-13-6-4-12(20)5-7-13/h4-10H,1-3H3,(H,21,22,23)/b16-10-. The number of carbonyl (C=O) groups excluding carboxylic acids is 1. The molecule has 0 unspecified atom stereocenters. The number of hydrogen-bond acceptors (Lipinski definition) is 6. The van der Waals surface area contributed by atoms with Crippen LogP contribution in [0.5, 0.6) is 17.2 Å². The van der Waals surface area contributed by atoms with Crippen LogP contribution in [0.3, 0.4) is 0 Å². The van der Waals surface area contributed by atoms with E-state index in [2.05, 4.69) is 26.2 Å². The van der Waals surface area contributed by atoms with E-state index in [1.807, 2.05) is 24.3 Å². The molecular weight excluding hydrogens is 432 g/mol. The number of benzene rings is 2. The van der Waals surface area contributed by atoms with Crippen molar-refractivity contribution in [2.75, 3.05) is 21.3 Å². The Morgan fingerprint density at radius 1 is 1.04 bits per heavy atom. The van der Waals surface area contributed by atoms with Crippen LogP contribution in [0.25, 0.3) is 6.08 Å². The second-order valence-electron chi connectivity index (χ2n) is 5.42. The lowest BCUT2D eigenvalue weighted by atomic mass is 10.1. The van der Waals surface area contributed by atoms with Gasteiger partial charge in [0.15, 0.2) is 16.7 Å². The molecule has 2 aromatic carbocycles. The zero-order chi connectivity index (χ0) is 19.4. The van der Waals surface area contributed by atoms with Gasteiger partial charge in [0, 0.05) is 4.47 Å². The number of aliphatic imine (C=N–C) groups is 1. The highest BCUT2D eigenvalue weighted by molar-refractivity contribution is 9.10. The van der Waals surface area contributed by atoms with Gasteiger partial charge in [0.05, 0.1) is 31.9 Å². The van der Waals surface area contributed by atoms with Gasteiger partial charge in [-0.15, -0.1) is 0 Å². The number of ether oxygens (including phenoxy) is 3. The third-order valence-corrected chi connectivity index (χ3v) is 5.13. The van der Waals surface area contributed by atoms with Crippen LogP contribution >= 0.6 is 27.7 Å². The van der Waals surface area contributed by atoms with Crippen LogP contribution in [0.4, 0.5) is 5.69 Å². The van der Waals surface area contributed by atoms with Gasteiger partial charge in [0.1, 0.15) is 0 Å². The minimum atomic E-state index is -0.204. The Morgan fingerprint density at radius 2 is 1.67 bits per heavy atom. The number of methoxy groups -OCH3 is 3. The Balaban J connectivity index is 1.89. The summed E-state index contributed by atoms with van der Waals surface area (Å²) in [5, 5.41) is 3.30. The summed E-state index contributed by atoms with van der Waals surface area (Å²) in [4.78, 5) is 17.3. The van der Waals surface area contributed by atoms with Crippen LogP contribution in [-0.4, -0.2) is 32.4 Å². The van der Waals surface area contributed by atoms with Gasteiger partial charge in [-0.3, -0.25) is 4.79 Å². The Labute approximate surface area is 169 Å². The molecule has 1 amide bonds. The van der Waals surface area contributed by atoms with Gasteiger partial charge in [-0.05, 0) is 59.8 Å². The van der Waals surface area contributed by atoms with Crippen molar-refractivity contribution in [3.63, 3.8) is 0 Å². The summed E-state index contributed by atoms with van der Waals surface area (Å²) < 4.78 is 17.0. The fourth-order valence-electron chi connectivity index (χ4n) is 2.45. The minimum Gasteiger partial charge on any atom is -0.493 e. The van der Waals surface area contributed by atoms with Crippen molar-refractivity contribution in [2.24, 2.45) is 4.99 Å². The van der Waals surface area contributed by atoms with Crippen LogP contribution in [-0.2, 0) is 4.79 Å². The van der Waals surface area contributed by atoms with E-state index in [0.717, 1.165) is 15.7 Å². The minimum absolute atomic E-state index is 0.204. The second-order valence-corrected chi connectivity index (χ2v) is 7.36. The van der Waals surface area contributed by atoms with E-state index in [4.69, 9.17) is 14.2 Å². The molecule has 0 atom stereocenters. The van der Waals surface area contributed by atoms with Gasteiger partial charge in [0.2, 0.25) is 5.75 Å². The van der Waals surface area contributed by atoms with Crippen molar-refractivity contribution in [1.82, 2.24) is 5.32 Å². The Kier molecular flexibility index (Phi) is 6.08. The summed E-state index contributed by atoms with van der Waals surface area (Å²) in [6.07, 6.45) is 1.76. The molecule has 8 heteroatoms. The zero-order valence-corrected chi connectivity index (χ0v) is 17.3. The molecule has 1 heterocycles. The van der Waals surface area contributed by atoms with Gasteiger partial charge in [-0.2, -0.15) is 0 Å². The predicted molar refractivity (Wildman–Crippen MR) is 111 cm³/mol.